The van der Waals surface area contributed by atoms with Gasteiger partial charge in [0.1, 0.15) is 0 Å². The number of aryl methyl sites for hydroxylation is 2. The predicted octanol–water partition coefficient (Wildman–Crippen LogP) is 4.65. The second kappa shape index (κ2) is 9.78. The summed E-state index contributed by atoms with van der Waals surface area (Å²) in [5.74, 6) is 0.462. The van der Waals surface area contributed by atoms with Gasteiger partial charge in [0.15, 0.2) is 0 Å². The van der Waals surface area contributed by atoms with Crippen molar-refractivity contribution < 1.29 is 9.59 Å². The Morgan fingerprint density at radius 3 is 2.46 bits per heavy atom. The van der Waals surface area contributed by atoms with E-state index in [1.165, 1.54) is 10.5 Å². The van der Waals surface area contributed by atoms with Crippen LogP contribution in [0, 0.1) is 13.8 Å². The minimum Gasteiger partial charge on any atom is -0.336 e. The van der Waals surface area contributed by atoms with Crippen LogP contribution in [0.15, 0.2) is 51.8 Å². The highest BCUT2D eigenvalue weighted by Crippen LogP contribution is 2.20. The maximum Gasteiger partial charge on any atom is 0.243 e. The third-order valence-corrected chi connectivity index (χ3v) is 5.38. The zero-order valence-corrected chi connectivity index (χ0v) is 17.6. The van der Waals surface area contributed by atoms with E-state index < -0.39 is 0 Å². The molecule has 0 aliphatic carbocycles. The van der Waals surface area contributed by atoms with Gasteiger partial charge in [-0.05, 0) is 49.7 Å². The molecular formula is C20H23BrN2O2S. The topological polar surface area (TPSA) is 49.4 Å². The number of thioether (sulfide) groups is 1. The molecule has 0 saturated carbocycles. The van der Waals surface area contributed by atoms with Crippen molar-refractivity contribution in [2.45, 2.75) is 25.2 Å². The van der Waals surface area contributed by atoms with Crippen LogP contribution in [-0.2, 0) is 9.59 Å². The molecule has 0 aliphatic rings. The Morgan fingerprint density at radius 1 is 1.12 bits per heavy atom. The second-order valence-electron chi connectivity index (χ2n) is 6.17. The lowest BCUT2D eigenvalue weighted by Gasteiger charge is -2.17. The largest absolute Gasteiger partial charge is 0.336 e. The van der Waals surface area contributed by atoms with E-state index in [0.29, 0.717) is 12.2 Å². The number of nitrogens with zero attached hydrogens (tertiary/aromatic N) is 1. The van der Waals surface area contributed by atoms with Crippen molar-refractivity contribution in [1.82, 2.24) is 4.90 Å². The van der Waals surface area contributed by atoms with Gasteiger partial charge in [-0.25, -0.2) is 0 Å². The fraction of sp³-hybridized carbons (Fsp3) is 0.300. The number of halogens is 1. The van der Waals surface area contributed by atoms with Crippen molar-refractivity contribution in [3.63, 3.8) is 0 Å². The molecule has 0 unspecified atom stereocenters. The quantitative estimate of drug-likeness (QED) is 0.645. The van der Waals surface area contributed by atoms with Crippen LogP contribution in [0.25, 0.3) is 0 Å². The van der Waals surface area contributed by atoms with Gasteiger partial charge < -0.3 is 10.2 Å². The van der Waals surface area contributed by atoms with Crippen LogP contribution >= 0.6 is 27.7 Å². The number of nitrogens with one attached hydrogen (secondary N) is 1. The summed E-state index contributed by atoms with van der Waals surface area (Å²) in [6, 6.07) is 13.9. The number of carbonyl (C=O) groups is 2. The summed E-state index contributed by atoms with van der Waals surface area (Å²) in [6.45, 7) is 4.02. The molecule has 0 atom stereocenters. The van der Waals surface area contributed by atoms with Gasteiger partial charge in [-0.3, -0.25) is 9.59 Å². The molecule has 26 heavy (non-hydrogen) atoms. The van der Waals surface area contributed by atoms with Crippen LogP contribution in [0.5, 0.6) is 0 Å². The molecule has 0 aliphatic heterocycles. The van der Waals surface area contributed by atoms with Gasteiger partial charge in [-0.15, -0.1) is 11.8 Å². The molecule has 2 rings (SSSR count). The van der Waals surface area contributed by atoms with E-state index in [9.17, 15) is 9.59 Å². The number of rotatable bonds is 7. The first-order chi connectivity index (χ1) is 12.3. The maximum atomic E-state index is 12.2. The average molecular weight is 435 g/mol. The molecule has 0 saturated heterocycles. The average Bonchev–Trinajstić information content (AvgIpc) is 2.59. The molecule has 2 amide bonds. The first kappa shape index (κ1) is 20.5. The van der Waals surface area contributed by atoms with Crippen LogP contribution in [0.4, 0.5) is 5.69 Å². The summed E-state index contributed by atoms with van der Waals surface area (Å²) in [7, 11) is 1.66. The Kier molecular flexibility index (Phi) is 7.72. The molecule has 0 spiro atoms. The number of carbonyl (C=O) groups excluding carboxylic acids is 2. The van der Waals surface area contributed by atoms with E-state index in [0.717, 1.165) is 20.6 Å². The third kappa shape index (κ3) is 6.50. The minimum absolute atomic E-state index is 0.0349. The van der Waals surface area contributed by atoms with E-state index in [1.54, 1.807) is 18.8 Å². The van der Waals surface area contributed by atoms with Crippen LogP contribution in [-0.4, -0.2) is 36.1 Å². The minimum atomic E-state index is -0.197. The van der Waals surface area contributed by atoms with Crippen molar-refractivity contribution in [2.24, 2.45) is 0 Å². The van der Waals surface area contributed by atoms with Crippen molar-refractivity contribution in [2.75, 3.05) is 24.7 Å². The molecule has 0 radical (unpaired) electrons. The van der Waals surface area contributed by atoms with Gasteiger partial charge in [-0.1, -0.05) is 33.6 Å². The lowest BCUT2D eigenvalue weighted by Crippen LogP contribution is -2.35. The lowest BCUT2D eigenvalue weighted by atomic mass is 10.2. The number of amides is 2. The first-order valence-corrected chi connectivity index (χ1v) is 10.1. The molecule has 0 aromatic heterocycles. The van der Waals surface area contributed by atoms with Crippen molar-refractivity contribution in [3.05, 3.63) is 58.1 Å². The van der Waals surface area contributed by atoms with Gasteiger partial charge in [0.05, 0.1) is 6.54 Å². The van der Waals surface area contributed by atoms with Crippen molar-refractivity contribution >= 4 is 45.2 Å². The van der Waals surface area contributed by atoms with E-state index in [4.69, 9.17) is 0 Å². The number of anilines is 1. The molecule has 2 aromatic rings. The molecule has 2 aromatic carbocycles. The fourth-order valence-corrected chi connectivity index (χ4v) is 3.66. The molecule has 1 N–H and O–H groups in total. The summed E-state index contributed by atoms with van der Waals surface area (Å²) in [6.07, 6.45) is 0.402. The summed E-state index contributed by atoms with van der Waals surface area (Å²) >= 11 is 5.05. The summed E-state index contributed by atoms with van der Waals surface area (Å²) < 4.78 is 0.964. The normalized spacial score (nSPS) is 10.5. The monoisotopic (exact) mass is 434 g/mol. The van der Waals surface area contributed by atoms with Gasteiger partial charge in [0, 0.05) is 34.3 Å². The highest BCUT2D eigenvalue weighted by atomic mass is 79.9. The molecule has 6 heteroatoms. The third-order valence-electron chi connectivity index (χ3n) is 3.87. The van der Waals surface area contributed by atoms with Crippen LogP contribution in [0.3, 0.4) is 0 Å². The summed E-state index contributed by atoms with van der Waals surface area (Å²) in [4.78, 5) is 27.0. The number of hydrogen-bond acceptors (Lipinski definition) is 3. The molecule has 0 heterocycles. The molecule has 4 nitrogen and oxygen atoms in total. The molecule has 138 valence electrons. The summed E-state index contributed by atoms with van der Waals surface area (Å²) in [5, 5.41) is 2.85. The van der Waals surface area contributed by atoms with E-state index in [1.807, 2.05) is 32.0 Å². The fourth-order valence-electron chi connectivity index (χ4n) is 2.34. The zero-order valence-electron chi connectivity index (χ0n) is 15.2. The second-order valence-corrected chi connectivity index (χ2v) is 8.25. The number of hydrogen-bond donors (Lipinski definition) is 1. The van der Waals surface area contributed by atoms with Gasteiger partial charge in [-0.2, -0.15) is 0 Å². The number of likely N-dealkylation sites (N-methyl/N-ethyl adjacent to an activating group) is 1. The molecule has 0 fully saturated rings. The highest BCUT2D eigenvalue weighted by Gasteiger charge is 2.13. The zero-order chi connectivity index (χ0) is 19.1. The highest BCUT2D eigenvalue weighted by molar-refractivity contribution is 9.10. The van der Waals surface area contributed by atoms with E-state index >= 15 is 0 Å². The Balaban J connectivity index is 1.76. The number of benzene rings is 2. The SMILES string of the molecule is Cc1ccc(SCCC(=O)N(C)CC(=O)Nc2ccc(Br)cc2C)cc1. The van der Waals surface area contributed by atoms with Crippen molar-refractivity contribution in [3.8, 4) is 0 Å². The smallest absolute Gasteiger partial charge is 0.243 e. The van der Waals surface area contributed by atoms with Gasteiger partial charge >= 0.3 is 0 Å². The standard InChI is InChI=1S/C20H23BrN2O2S/c1-14-4-7-17(8-5-14)26-11-10-20(25)23(3)13-19(24)22-18-9-6-16(21)12-15(18)2/h4-9,12H,10-11,13H2,1-3H3,(H,22,24). The van der Waals surface area contributed by atoms with E-state index in [-0.39, 0.29) is 18.4 Å². The van der Waals surface area contributed by atoms with Crippen LogP contribution < -0.4 is 5.32 Å². The Labute approximate surface area is 167 Å². The lowest BCUT2D eigenvalue weighted by molar-refractivity contribution is -0.132. The van der Waals surface area contributed by atoms with Crippen LogP contribution in [0.2, 0.25) is 0 Å². The van der Waals surface area contributed by atoms with E-state index in [2.05, 4.69) is 45.5 Å². The first-order valence-electron chi connectivity index (χ1n) is 8.34. The molecular weight excluding hydrogens is 412 g/mol. The van der Waals surface area contributed by atoms with Gasteiger partial charge in [0.2, 0.25) is 11.8 Å². The maximum absolute atomic E-state index is 12.2. The van der Waals surface area contributed by atoms with Crippen LogP contribution in [0.1, 0.15) is 17.5 Å². The Hall–Kier alpha value is -1.79. The Morgan fingerprint density at radius 2 is 1.81 bits per heavy atom. The predicted molar refractivity (Wildman–Crippen MR) is 112 cm³/mol. The molecule has 0 bridgehead atoms. The van der Waals surface area contributed by atoms with Gasteiger partial charge in [0.25, 0.3) is 0 Å². The van der Waals surface area contributed by atoms with Crippen molar-refractivity contribution in [1.29, 1.82) is 0 Å². The summed E-state index contributed by atoms with van der Waals surface area (Å²) in [5.41, 5.74) is 2.95. The Bertz CT molecular complexity index is 778.